The number of halogens is 1. The normalized spacial score (nSPS) is 13.8. The highest BCUT2D eigenvalue weighted by Crippen LogP contribution is 2.17. The van der Waals surface area contributed by atoms with Crippen molar-refractivity contribution in [2.75, 3.05) is 18.8 Å². The molecular weight excluding hydrogens is 242 g/mol. The van der Waals surface area contributed by atoms with Gasteiger partial charge in [0.25, 0.3) is 5.91 Å². The summed E-state index contributed by atoms with van der Waals surface area (Å²) in [4.78, 5) is 15.8. The first kappa shape index (κ1) is 11.5. The molecule has 0 fully saturated rings. The topological polar surface area (TPSA) is 91.5 Å². The van der Waals surface area contributed by atoms with Crippen LogP contribution in [0.1, 0.15) is 10.4 Å². The molecule has 0 saturated carbocycles. The Balaban J connectivity index is 1.99. The van der Waals surface area contributed by atoms with E-state index in [4.69, 9.17) is 17.3 Å². The molecular formula is C10H12ClN5O. The Labute approximate surface area is 103 Å². The van der Waals surface area contributed by atoms with Gasteiger partial charge in [-0.15, -0.1) is 0 Å². The molecule has 1 aliphatic heterocycles. The first-order valence-corrected chi connectivity index (χ1v) is 5.44. The van der Waals surface area contributed by atoms with Gasteiger partial charge in [-0.2, -0.15) is 0 Å². The number of anilines is 1. The molecule has 0 aromatic heterocycles. The largest absolute Gasteiger partial charge is 0.398 e. The molecule has 0 radical (unpaired) electrons. The van der Waals surface area contributed by atoms with Crippen LogP contribution in [0.15, 0.2) is 23.2 Å². The smallest absolute Gasteiger partial charge is 0.271 e. The highest BCUT2D eigenvalue weighted by Gasteiger charge is 2.11. The fourth-order valence-electron chi connectivity index (χ4n) is 1.41. The molecule has 1 aromatic carbocycles. The first-order valence-electron chi connectivity index (χ1n) is 5.06. The van der Waals surface area contributed by atoms with Gasteiger partial charge in [0.05, 0.1) is 12.1 Å². The maximum absolute atomic E-state index is 11.8. The second kappa shape index (κ2) is 4.92. The minimum absolute atomic E-state index is 0.332. The number of nitrogen functional groups attached to an aromatic ring is 1. The van der Waals surface area contributed by atoms with Gasteiger partial charge in [0, 0.05) is 17.3 Å². The number of nitrogens with one attached hydrogen (secondary N) is 3. The lowest BCUT2D eigenvalue weighted by Crippen LogP contribution is -2.46. The monoisotopic (exact) mass is 253 g/mol. The Hall–Kier alpha value is -1.95. The summed E-state index contributed by atoms with van der Waals surface area (Å²) in [5.41, 5.74) is 11.5. The minimum atomic E-state index is -0.337. The number of hydrogen-bond donors (Lipinski definition) is 4. The molecule has 5 N–H and O–H groups in total. The Morgan fingerprint density at radius 3 is 3.00 bits per heavy atom. The zero-order valence-corrected chi connectivity index (χ0v) is 9.71. The predicted octanol–water partition coefficient (Wildman–Crippen LogP) is 0.116. The van der Waals surface area contributed by atoms with Crippen molar-refractivity contribution in [1.82, 2.24) is 16.2 Å². The molecule has 1 heterocycles. The van der Waals surface area contributed by atoms with Gasteiger partial charge in [0.15, 0.2) is 0 Å². The van der Waals surface area contributed by atoms with Crippen molar-refractivity contribution >= 4 is 29.2 Å². The number of nitrogens with two attached hydrogens (primary N) is 1. The summed E-state index contributed by atoms with van der Waals surface area (Å²) < 4.78 is 0. The van der Waals surface area contributed by atoms with Crippen LogP contribution in [0.25, 0.3) is 0 Å². The number of hydrogen-bond acceptors (Lipinski definition) is 5. The summed E-state index contributed by atoms with van der Waals surface area (Å²) in [7, 11) is 0. The van der Waals surface area contributed by atoms with E-state index in [9.17, 15) is 4.79 Å². The standard InChI is InChI=1S/C10H12ClN5O/c11-6-1-2-7(8(12)5-6)9(17)15-16-10-13-3-4-14-10/h1-2,5H,3-4,12H2,(H,15,17)(H2,13,14,16). The fourth-order valence-corrected chi connectivity index (χ4v) is 1.59. The van der Waals surface area contributed by atoms with E-state index in [0.29, 0.717) is 28.8 Å². The Morgan fingerprint density at radius 2 is 2.35 bits per heavy atom. The zero-order chi connectivity index (χ0) is 12.3. The van der Waals surface area contributed by atoms with E-state index >= 15 is 0 Å². The summed E-state index contributed by atoms with van der Waals surface area (Å²) in [5, 5.41) is 3.45. The molecule has 0 bridgehead atoms. The molecule has 17 heavy (non-hydrogen) atoms. The molecule has 0 saturated heterocycles. The van der Waals surface area contributed by atoms with Gasteiger partial charge in [0.1, 0.15) is 0 Å². The van der Waals surface area contributed by atoms with Crippen LogP contribution in [0.4, 0.5) is 5.69 Å². The van der Waals surface area contributed by atoms with Crippen LogP contribution in [0.2, 0.25) is 5.02 Å². The SMILES string of the molecule is Nc1cc(Cl)ccc1C(=O)NNC1=NCCN1. The maximum atomic E-state index is 11.8. The van der Waals surface area contributed by atoms with E-state index in [1.807, 2.05) is 0 Å². The van der Waals surface area contributed by atoms with Crippen LogP contribution in [0, 0.1) is 0 Å². The second-order valence-electron chi connectivity index (χ2n) is 3.47. The van der Waals surface area contributed by atoms with E-state index in [-0.39, 0.29) is 5.91 Å². The molecule has 0 unspecified atom stereocenters. The number of amides is 1. The highest BCUT2D eigenvalue weighted by molar-refractivity contribution is 6.31. The molecule has 6 nitrogen and oxygen atoms in total. The average Bonchev–Trinajstić information content (AvgIpc) is 2.78. The van der Waals surface area contributed by atoms with Crippen molar-refractivity contribution in [3.63, 3.8) is 0 Å². The number of guanidine groups is 1. The van der Waals surface area contributed by atoms with E-state index in [1.165, 1.54) is 6.07 Å². The zero-order valence-electron chi connectivity index (χ0n) is 8.96. The van der Waals surface area contributed by atoms with Crippen LogP contribution in [0.5, 0.6) is 0 Å². The number of rotatable bonds is 1. The lowest BCUT2D eigenvalue weighted by Gasteiger charge is -2.09. The third-order valence-corrected chi connectivity index (χ3v) is 2.46. The first-order chi connectivity index (χ1) is 8.16. The predicted molar refractivity (Wildman–Crippen MR) is 66.8 cm³/mol. The summed E-state index contributed by atoms with van der Waals surface area (Å²) in [6.45, 7) is 1.46. The van der Waals surface area contributed by atoms with E-state index in [1.54, 1.807) is 12.1 Å². The van der Waals surface area contributed by atoms with Crippen LogP contribution in [0.3, 0.4) is 0 Å². The van der Waals surface area contributed by atoms with Crippen molar-refractivity contribution in [1.29, 1.82) is 0 Å². The van der Waals surface area contributed by atoms with E-state index < -0.39 is 0 Å². The van der Waals surface area contributed by atoms with E-state index in [0.717, 1.165) is 6.54 Å². The molecule has 0 aliphatic carbocycles. The number of nitrogens with zero attached hydrogens (tertiary/aromatic N) is 1. The van der Waals surface area contributed by atoms with Gasteiger partial charge in [-0.3, -0.25) is 20.6 Å². The van der Waals surface area contributed by atoms with Gasteiger partial charge in [0.2, 0.25) is 5.96 Å². The van der Waals surface area contributed by atoms with Crippen LogP contribution < -0.4 is 21.9 Å². The fraction of sp³-hybridized carbons (Fsp3) is 0.200. The molecule has 2 rings (SSSR count). The average molecular weight is 254 g/mol. The van der Waals surface area contributed by atoms with Gasteiger partial charge in [-0.05, 0) is 18.2 Å². The molecule has 7 heteroatoms. The van der Waals surface area contributed by atoms with Crippen LogP contribution in [-0.4, -0.2) is 25.0 Å². The third-order valence-electron chi connectivity index (χ3n) is 2.23. The molecule has 0 spiro atoms. The molecule has 1 aromatic rings. The lowest BCUT2D eigenvalue weighted by atomic mass is 10.2. The summed E-state index contributed by atoms with van der Waals surface area (Å²) in [6.07, 6.45) is 0. The lowest BCUT2D eigenvalue weighted by molar-refractivity contribution is 0.0944. The van der Waals surface area contributed by atoms with Crippen LogP contribution >= 0.6 is 11.6 Å². The van der Waals surface area contributed by atoms with Crippen molar-refractivity contribution in [2.45, 2.75) is 0 Å². The van der Waals surface area contributed by atoms with Crippen LogP contribution in [-0.2, 0) is 0 Å². The summed E-state index contributed by atoms with van der Waals surface area (Å²) in [5.74, 6) is 0.210. The Morgan fingerprint density at radius 1 is 1.53 bits per heavy atom. The molecule has 1 amide bonds. The maximum Gasteiger partial charge on any atom is 0.271 e. The van der Waals surface area contributed by atoms with Crippen molar-refractivity contribution in [2.24, 2.45) is 4.99 Å². The number of hydrazine groups is 1. The van der Waals surface area contributed by atoms with Crippen molar-refractivity contribution in [3.05, 3.63) is 28.8 Å². The molecule has 90 valence electrons. The number of benzene rings is 1. The highest BCUT2D eigenvalue weighted by atomic mass is 35.5. The number of carbonyl (C=O) groups excluding carboxylic acids is 1. The Kier molecular flexibility index (Phi) is 3.34. The van der Waals surface area contributed by atoms with Gasteiger partial charge < -0.3 is 11.1 Å². The molecule has 0 atom stereocenters. The molecule has 1 aliphatic rings. The second-order valence-corrected chi connectivity index (χ2v) is 3.90. The van der Waals surface area contributed by atoms with E-state index in [2.05, 4.69) is 21.2 Å². The van der Waals surface area contributed by atoms with Gasteiger partial charge in [-0.25, -0.2) is 0 Å². The van der Waals surface area contributed by atoms with Gasteiger partial charge >= 0.3 is 0 Å². The minimum Gasteiger partial charge on any atom is -0.398 e. The summed E-state index contributed by atoms with van der Waals surface area (Å²) >= 11 is 5.75. The Bertz CT molecular complexity index is 474. The third kappa shape index (κ3) is 2.79. The van der Waals surface area contributed by atoms with Crippen molar-refractivity contribution < 1.29 is 4.79 Å². The summed E-state index contributed by atoms with van der Waals surface area (Å²) in [6, 6.07) is 4.71. The number of carbonyl (C=O) groups is 1. The van der Waals surface area contributed by atoms with Crippen molar-refractivity contribution in [3.8, 4) is 0 Å². The van der Waals surface area contributed by atoms with Gasteiger partial charge in [-0.1, -0.05) is 11.6 Å². The number of aliphatic imine (C=N–C) groups is 1. The quantitative estimate of drug-likeness (QED) is 0.423.